The molecule has 0 rings (SSSR count). The van der Waals surface area contributed by atoms with Gasteiger partial charge in [-0.05, 0) is 6.92 Å². The van der Waals surface area contributed by atoms with Gasteiger partial charge in [-0.15, -0.1) is 0 Å². The largest absolute Gasteiger partial charge is 0.453 e. The van der Waals surface area contributed by atoms with Crippen molar-refractivity contribution in [3.05, 3.63) is 0 Å². The van der Waals surface area contributed by atoms with Crippen LogP contribution in [0.5, 0.6) is 0 Å². The summed E-state index contributed by atoms with van der Waals surface area (Å²) in [6.45, 7) is 1.10. The van der Waals surface area contributed by atoms with Gasteiger partial charge in [0.1, 0.15) is 0 Å². The molecule has 0 aliphatic rings. The number of alkyl halides is 5. The van der Waals surface area contributed by atoms with Crippen molar-refractivity contribution in [1.29, 1.82) is 0 Å². The van der Waals surface area contributed by atoms with Crippen LogP contribution in [0, 0.1) is 0 Å². The van der Waals surface area contributed by atoms with Gasteiger partial charge in [-0.1, -0.05) is 0 Å². The highest BCUT2D eigenvalue weighted by Gasteiger charge is 2.57. The molecule has 0 aliphatic carbocycles. The second-order valence-electron chi connectivity index (χ2n) is 2.38. The van der Waals surface area contributed by atoms with Gasteiger partial charge in [0.2, 0.25) is 0 Å². The minimum Gasteiger partial charge on any atom is -0.328 e. The van der Waals surface area contributed by atoms with Gasteiger partial charge in [0.25, 0.3) is 0 Å². The van der Waals surface area contributed by atoms with Gasteiger partial charge < -0.3 is 5.73 Å². The average Bonchev–Trinajstić information content (AvgIpc) is 1.56. The van der Waals surface area contributed by atoms with Crippen LogP contribution in [0.2, 0.25) is 0 Å². The SMILES string of the molecule is CC(N)CC(F)(F)C(F)(F)F. The molecule has 1 nitrogen and oxygen atoms in total. The van der Waals surface area contributed by atoms with E-state index in [9.17, 15) is 22.0 Å². The van der Waals surface area contributed by atoms with Crippen LogP contribution in [-0.4, -0.2) is 18.1 Å². The number of hydrogen-bond acceptors (Lipinski definition) is 1. The molecule has 0 radical (unpaired) electrons. The van der Waals surface area contributed by atoms with Crippen molar-refractivity contribution in [2.45, 2.75) is 31.5 Å². The highest BCUT2D eigenvalue weighted by Crippen LogP contribution is 2.38. The molecule has 0 aliphatic heterocycles. The summed E-state index contributed by atoms with van der Waals surface area (Å²) in [7, 11) is 0. The summed E-state index contributed by atoms with van der Waals surface area (Å²) < 4.78 is 58.1. The van der Waals surface area contributed by atoms with Crippen molar-refractivity contribution >= 4 is 0 Å². The Labute approximate surface area is 60.4 Å². The van der Waals surface area contributed by atoms with Crippen molar-refractivity contribution in [3.8, 4) is 0 Å². The van der Waals surface area contributed by atoms with E-state index < -0.39 is 24.6 Å². The first-order valence-corrected chi connectivity index (χ1v) is 2.87. The number of nitrogens with two attached hydrogens (primary N) is 1. The minimum atomic E-state index is -5.49. The minimum absolute atomic E-state index is 1.10. The summed E-state index contributed by atoms with van der Waals surface area (Å²) >= 11 is 0. The maximum atomic E-state index is 12.0. The Bertz CT molecular complexity index is 127. The third kappa shape index (κ3) is 3.00. The molecular formula is C5H8F5N. The second-order valence-corrected chi connectivity index (χ2v) is 2.38. The molecule has 0 saturated heterocycles. The quantitative estimate of drug-likeness (QED) is 0.640. The van der Waals surface area contributed by atoms with Crippen molar-refractivity contribution < 1.29 is 22.0 Å². The summed E-state index contributed by atoms with van der Waals surface area (Å²) in [6.07, 6.45) is -6.85. The number of hydrogen-bond donors (Lipinski definition) is 1. The Morgan fingerprint density at radius 2 is 1.55 bits per heavy atom. The van der Waals surface area contributed by atoms with E-state index in [0.717, 1.165) is 6.92 Å². The third-order valence-corrected chi connectivity index (χ3v) is 0.993. The van der Waals surface area contributed by atoms with Crippen LogP contribution >= 0.6 is 0 Å². The fourth-order valence-electron chi connectivity index (χ4n) is 0.520. The van der Waals surface area contributed by atoms with Gasteiger partial charge in [-0.3, -0.25) is 0 Å². The molecule has 0 bridgehead atoms. The number of halogens is 5. The summed E-state index contributed by atoms with van der Waals surface area (Å²) in [4.78, 5) is 0. The maximum Gasteiger partial charge on any atom is 0.453 e. The topological polar surface area (TPSA) is 26.0 Å². The fraction of sp³-hybridized carbons (Fsp3) is 1.00. The number of rotatable bonds is 2. The van der Waals surface area contributed by atoms with E-state index in [-0.39, 0.29) is 0 Å². The van der Waals surface area contributed by atoms with Crippen LogP contribution in [-0.2, 0) is 0 Å². The third-order valence-electron chi connectivity index (χ3n) is 0.993. The van der Waals surface area contributed by atoms with E-state index in [1.165, 1.54) is 0 Å². The van der Waals surface area contributed by atoms with E-state index in [0.29, 0.717) is 0 Å². The highest BCUT2D eigenvalue weighted by atomic mass is 19.4. The Morgan fingerprint density at radius 3 is 1.64 bits per heavy atom. The first kappa shape index (κ1) is 10.6. The molecular weight excluding hydrogens is 169 g/mol. The normalized spacial score (nSPS) is 16.6. The van der Waals surface area contributed by atoms with Gasteiger partial charge in [0.05, 0.1) is 0 Å². The van der Waals surface area contributed by atoms with Crippen molar-refractivity contribution in [1.82, 2.24) is 0 Å². The van der Waals surface area contributed by atoms with E-state index in [1.807, 2.05) is 0 Å². The van der Waals surface area contributed by atoms with Gasteiger partial charge in [-0.2, -0.15) is 22.0 Å². The molecule has 68 valence electrons. The molecule has 11 heavy (non-hydrogen) atoms. The molecule has 1 atom stereocenters. The Hall–Kier alpha value is -0.390. The van der Waals surface area contributed by atoms with Crippen molar-refractivity contribution in [2.24, 2.45) is 5.73 Å². The molecule has 0 aromatic heterocycles. The Balaban J connectivity index is 4.22. The molecule has 0 amide bonds. The summed E-state index contributed by atoms with van der Waals surface area (Å²) in [5.74, 6) is -4.67. The Morgan fingerprint density at radius 1 is 1.18 bits per heavy atom. The lowest BCUT2D eigenvalue weighted by Crippen LogP contribution is -2.40. The molecule has 0 aromatic carbocycles. The Kier molecular flexibility index (Phi) is 2.82. The molecule has 0 heterocycles. The second kappa shape index (κ2) is 2.92. The molecule has 0 spiro atoms. The standard InChI is InChI=1S/C5H8F5N/c1-3(11)2-4(6,7)5(8,9)10/h3H,2,11H2,1H3. The van der Waals surface area contributed by atoms with Crippen LogP contribution in [0.25, 0.3) is 0 Å². The average molecular weight is 177 g/mol. The zero-order valence-electron chi connectivity index (χ0n) is 5.75. The van der Waals surface area contributed by atoms with E-state index >= 15 is 0 Å². The molecule has 0 aromatic rings. The fourth-order valence-corrected chi connectivity index (χ4v) is 0.520. The summed E-state index contributed by atoms with van der Waals surface area (Å²) in [5, 5.41) is 0. The van der Waals surface area contributed by atoms with Crippen LogP contribution in [0.15, 0.2) is 0 Å². The zero-order chi connectivity index (χ0) is 9.28. The predicted octanol–water partition coefficient (Wildman–Crippen LogP) is 1.92. The highest BCUT2D eigenvalue weighted by molar-refractivity contribution is 4.78. The molecule has 2 N–H and O–H groups in total. The lowest BCUT2D eigenvalue weighted by Gasteiger charge is -2.20. The van der Waals surface area contributed by atoms with Crippen LogP contribution in [0.1, 0.15) is 13.3 Å². The van der Waals surface area contributed by atoms with Crippen molar-refractivity contribution in [2.75, 3.05) is 0 Å². The van der Waals surface area contributed by atoms with E-state index in [4.69, 9.17) is 5.73 Å². The molecule has 1 unspecified atom stereocenters. The maximum absolute atomic E-state index is 12.0. The monoisotopic (exact) mass is 177 g/mol. The predicted molar refractivity (Wildman–Crippen MR) is 29.3 cm³/mol. The molecule has 6 heteroatoms. The first-order chi connectivity index (χ1) is 4.67. The molecule has 0 fully saturated rings. The zero-order valence-corrected chi connectivity index (χ0v) is 5.75. The lowest BCUT2D eigenvalue weighted by atomic mass is 10.1. The summed E-state index contributed by atoms with van der Waals surface area (Å²) in [6, 6.07) is -1.16. The van der Waals surface area contributed by atoms with E-state index in [2.05, 4.69) is 0 Å². The van der Waals surface area contributed by atoms with Gasteiger partial charge in [0, 0.05) is 12.5 Å². The first-order valence-electron chi connectivity index (χ1n) is 2.87. The van der Waals surface area contributed by atoms with Crippen LogP contribution in [0.3, 0.4) is 0 Å². The molecule has 0 saturated carbocycles. The van der Waals surface area contributed by atoms with Gasteiger partial charge >= 0.3 is 12.1 Å². The summed E-state index contributed by atoms with van der Waals surface area (Å²) in [5.41, 5.74) is 4.80. The van der Waals surface area contributed by atoms with Gasteiger partial charge in [0.15, 0.2) is 0 Å². The van der Waals surface area contributed by atoms with E-state index in [1.54, 1.807) is 0 Å². The van der Waals surface area contributed by atoms with Crippen LogP contribution < -0.4 is 5.73 Å². The lowest BCUT2D eigenvalue weighted by molar-refractivity contribution is -0.285. The smallest absolute Gasteiger partial charge is 0.328 e. The van der Waals surface area contributed by atoms with Crippen LogP contribution in [0.4, 0.5) is 22.0 Å². The van der Waals surface area contributed by atoms with Crippen molar-refractivity contribution in [3.63, 3.8) is 0 Å². The van der Waals surface area contributed by atoms with Gasteiger partial charge in [-0.25, -0.2) is 0 Å².